The van der Waals surface area contributed by atoms with Gasteiger partial charge in [-0.15, -0.1) is 0 Å². The Morgan fingerprint density at radius 1 is 1.03 bits per heavy atom. The van der Waals surface area contributed by atoms with Gasteiger partial charge in [0.1, 0.15) is 0 Å². The number of hydrogen-bond donors (Lipinski definition) is 2. The Hall–Kier alpha value is -3.13. The molecule has 2 aromatic carbocycles. The molecule has 1 unspecified atom stereocenters. The van der Waals surface area contributed by atoms with E-state index in [1.807, 2.05) is 19.9 Å². The first-order valence-corrected chi connectivity index (χ1v) is 10.9. The summed E-state index contributed by atoms with van der Waals surface area (Å²) >= 11 is 0. The third-order valence-electron chi connectivity index (χ3n) is 4.67. The number of rotatable bonds is 6. The van der Waals surface area contributed by atoms with Gasteiger partial charge in [-0.05, 0) is 68.8 Å². The quantitative estimate of drug-likeness (QED) is 0.474. The van der Waals surface area contributed by atoms with Crippen molar-refractivity contribution in [3.8, 4) is 0 Å². The number of carbonyl (C=O) groups is 2. The fourth-order valence-corrected chi connectivity index (χ4v) is 3.59. The smallest absolute Gasteiger partial charge is 0.338 e. The van der Waals surface area contributed by atoms with Gasteiger partial charge in [-0.25, -0.2) is 13.2 Å². The van der Waals surface area contributed by atoms with E-state index in [4.69, 9.17) is 4.74 Å². The second-order valence-corrected chi connectivity index (χ2v) is 8.75. The van der Waals surface area contributed by atoms with E-state index in [1.54, 1.807) is 12.1 Å². The van der Waals surface area contributed by atoms with Crippen LogP contribution in [0, 0.1) is 13.8 Å². The maximum Gasteiger partial charge on any atom is 0.338 e. The van der Waals surface area contributed by atoms with Crippen LogP contribution in [0.1, 0.15) is 38.9 Å². The minimum absolute atomic E-state index is 0.317. The van der Waals surface area contributed by atoms with Crippen LogP contribution in [0.25, 0.3) is 10.9 Å². The number of carbonyl (C=O) groups excluding carboxylic acids is 2. The molecule has 29 heavy (non-hydrogen) atoms. The van der Waals surface area contributed by atoms with Crippen molar-refractivity contribution in [3.63, 3.8) is 0 Å². The predicted molar refractivity (Wildman–Crippen MR) is 112 cm³/mol. The zero-order chi connectivity index (χ0) is 21.3. The number of nitrogens with one attached hydrogen (secondary N) is 2. The molecular weight excluding hydrogens is 392 g/mol. The van der Waals surface area contributed by atoms with Crippen LogP contribution in [-0.4, -0.2) is 37.5 Å². The van der Waals surface area contributed by atoms with Crippen molar-refractivity contribution in [1.82, 2.24) is 4.98 Å². The number of ketones is 1. The van der Waals surface area contributed by atoms with Crippen LogP contribution >= 0.6 is 0 Å². The van der Waals surface area contributed by atoms with Crippen molar-refractivity contribution < 1.29 is 22.7 Å². The van der Waals surface area contributed by atoms with Gasteiger partial charge in [-0.1, -0.05) is 0 Å². The minimum atomic E-state index is -3.40. The Labute approximate surface area is 169 Å². The Morgan fingerprint density at radius 3 is 2.28 bits per heavy atom. The van der Waals surface area contributed by atoms with E-state index in [1.165, 1.54) is 31.2 Å². The summed E-state index contributed by atoms with van der Waals surface area (Å²) in [6, 6.07) is 11.1. The Bertz CT molecular complexity index is 1190. The molecule has 3 aromatic rings. The second kappa shape index (κ2) is 7.71. The molecule has 1 atom stereocenters. The molecule has 0 saturated heterocycles. The highest BCUT2D eigenvalue weighted by atomic mass is 32.2. The van der Waals surface area contributed by atoms with E-state index < -0.39 is 22.1 Å². The lowest BCUT2D eigenvalue weighted by molar-refractivity contribution is 0.0319. The highest BCUT2D eigenvalue weighted by Gasteiger charge is 2.21. The Kier molecular flexibility index (Phi) is 5.48. The molecule has 2 N–H and O–H groups in total. The molecule has 0 spiro atoms. The van der Waals surface area contributed by atoms with Crippen LogP contribution in [0.3, 0.4) is 0 Å². The number of sulfonamides is 1. The molecule has 0 bridgehead atoms. The number of aromatic nitrogens is 1. The number of esters is 1. The fourth-order valence-electron chi connectivity index (χ4n) is 3.02. The third kappa shape index (κ3) is 4.65. The van der Waals surface area contributed by atoms with Gasteiger partial charge in [0.25, 0.3) is 0 Å². The van der Waals surface area contributed by atoms with Crippen LogP contribution < -0.4 is 4.72 Å². The molecule has 3 rings (SSSR count). The van der Waals surface area contributed by atoms with Crippen molar-refractivity contribution in [3.05, 3.63) is 64.8 Å². The van der Waals surface area contributed by atoms with Crippen molar-refractivity contribution >= 4 is 38.4 Å². The zero-order valence-corrected chi connectivity index (χ0v) is 17.4. The van der Waals surface area contributed by atoms with Crippen molar-refractivity contribution in [2.75, 3.05) is 11.0 Å². The number of hydrogen-bond acceptors (Lipinski definition) is 5. The molecule has 0 saturated carbocycles. The summed E-state index contributed by atoms with van der Waals surface area (Å²) in [5, 5.41) is 0.935. The minimum Gasteiger partial charge on any atom is -0.451 e. The first-order valence-electron chi connectivity index (χ1n) is 8.97. The average Bonchev–Trinajstić information content (AvgIpc) is 2.94. The maximum absolute atomic E-state index is 12.6. The molecule has 8 heteroatoms. The van der Waals surface area contributed by atoms with E-state index in [0.29, 0.717) is 16.8 Å². The molecule has 0 fully saturated rings. The molecule has 7 nitrogen and oxygen atoms in total. The summed E-state index contributed by atoms with van der Waals surface area (Å²) in [6.07, 6.45) is 0.0577. The largest absolute Gasteiger partial charge is 0.451 e. The first kappa shape index (κ1) is 20.6. The van der Waals surface area contributed by atoms with Crippen LogP contribution in [0.2, 0.25) is 0 Å². The number of fused-ring (bicyclic) bond motifs is 1. The van der Waals surface area contributed by atoms with Gasteiger partial charge in [0.15, 0.2) is 6.10 Å². The second-order valence-electron chi connectivity index (χ2n) is 7.00. The topological polar surface area (TPSA) is 105 Å². The van der Waals surface area contributed by atoms with Crippen molar-refractivity contribution in [1.29, 1.82) is 0 Å². The number of aromatic amines is 1. The number of H-pyrrole nitrogens is 1. The van der Waals surface area contributed by atoms with E-state index in [-0.39, 0.29) is 5.78 Å². The summed E-state index contributed by atoms with van der Waals surface area (Å²) in [4.78, 5) is 28.3. The van der Waals surface area contributed by atoms with Crippen LogP contribution in [0.5, 0.6) is 0 Å². The molecule has 0 aliphatic carbocycles. The first-order chi connectivity index (χ1) is 13.5. The van der Waals surface area contributed by atoms with E-state index >= 15 is 0 Å². The standard InChI is InChI=1S/C21H22N2O5S/c1-12-13(2)22-19-10-7-16(11-18(12)19)21(25)28-14(3)20(24)15-5-8-17(9-6-15)23-29(4,26)27/h5-11,14,22-23H,1-4H3. The lowest BCUT2D eigenvalue weighted by atomic mass is 10.1. The number of aryl methyl sites for hydroxylation is 2. The molecule has 0 aliphatic heterocycles. The molecule has 0 aliphatic rings. The van der Waals surface area contributed by atoms with E-state index in [9.17, 15) is 18.0 Å². The van der Waals surface area contributed by atoms with Gasteiger partial charge < -0.3 is 9.72 Å². The lowest BCUT2D eigenvalue weighted by Gasteiger charge is -2.13. The number of ether oxygens (including phenoxy) is 1. The molecule has 0 radical (unpaired) electrons. The highest BCUT2D eigenvalue weighted by Crippen LogP contribution is 2.23. The number of anilines is 1. The predicted octanol–water partition coefficient (Wildman–Crippen LogP) is 3.58. The summed E-state index contributed by atoms with van der Waals surface area (Å²) in [7, 11) is -3.40. The van der Waals surface area contributed by atoms with Gasteiger partial charge >= 0.3 is 5.97 Å². The van der Waals surface area contributed by atoms with Crippen molar-refractivity contribution in [2.24, 2.45) is 0 Å². The number of Topliss-reactive ketones (excluding diaryl/α,β-unsaturated/α-hetero) is 1. The molecule has 1 heterocycles. The van der Waals surface area contributed by atoms with Crippen LogP contribution in [0.15, 0.2) is 42.5 Å². The van der Waals surface area contributed by atoms with Gasteiger partial charge in [-0.2, -0.15) is 0 Å². The maximum atomic E-state index is 12.6. The summed E-state index contributed by atoms with van der Waals surface area (Å²) in [5.74, 6) is -0.958. The zero-order valence-electron chi connectivity index (χ0n) is 16.6. The highest BCUT2D eigenvalue weighted by molar-refractivity contribution is 7.92. The van der Waals surface area contributed by atoms with E-state index in [0.717, 1.165) is 28.4 Å². The summed E-state index contributed by atoms with van der Waals surface area (Å²) in [5.41, 5.74) is 4.05. The summed E-state index contributed by atoms with van der Waals surface area (Å²) < 4.78 is 30.2. The molecule has 1 aromatic heterocycles. The molecular formula is C21H22N2O5S. The monoisotopic (exact) mass is 414 g/mol. The SMILES string of the molecule is Cc1[nH]c2ccc(C(=O)OC(C)C(=O)c3ccc(NS(C)(=O)=O)cc3)cc2c1C. The molecule has 152 valence electrons. The fraction of sp³-hybridized carbons (Fsp3) is 0.238. The average molecular weight is 414 g/mol. The van der Waals surface area contributed by atoms with Gasteiger partial charge in [-0.3, -0.25) is 9.52 Å². The number of benzene rings is 2. The van der Waals surface area contributed by atoms with Gasteiger partial charge in [0.2, 0.25) is 15.8 Å². The van der Waals surface area contributed by atoms with Crippen LogP contribution in [-0.2, 0) is 14.8 Å². The van der Waals surface area contributed by atoms with Gasteiger partial charge in [0.05, 0.1) is 11.8 Å². The Morgan fingerprint density at radius 2 is 1.66 bits per heavy atom. The summed E-state index contributed by atoms with van der Waals surface area (Å²) in [6.45, 7) is 5.44. The Balaban J connectivity index is 1.72. The van der Waals surface area contributed by atoms with E-state index in [2.05, 4.69) is 9.71 Å². The van der Waals surface area contributed by atoms with Gasteiger partial charge in [0, 0.05) is 27.8 Å². The molecule has 0 amide bonds. The normalized spacial score (nSPS) is 12.6. The van der Waals surface area contributed by atoms with Crippen molar-refractivity contribution in [2.45, 2.75) is 26.9 Å². The third-order valence-corrected chi connectivity index (χ3v) is 5.28. The van der Waals surface area contributed by atoms with Crippen LogP contribution in [0.4, 0.5) is 5.69 Å². The lowest BCUT2D eigenvalue weighted by Crippen LogP contribution is -2.24.